The summed E-state index contributed by atoms with van der Waals surface area (Å²) >= 11 is 0. The Morgan fingerprint density at radius 1 is 1.00 bits per heavy atom. The molecule has 0 fully saturated rings. The first-order valence-corrected chi connectivity index (χ1v) is 11.5. The van der Waals surface area contributed by atoms with Crippen molar-refractivity contribution in [2.45, 2.75) is 38.3 Å². The monoisotopic (exact) mass is 585 g/mol. The van der Waals surface area contributed by atoms with E-state index in [4.69, 9.17) is 5.26 Å². The smallest absolute Gasteiger partial charge is 0.321 e. The van der Waals surface area contributed by atoms with Crippen LogP contribution in [-0.2, 0) is 5.67 Å². The molecule has 0 radical (unpaired) electrons. The topological polar surface area (TPSA) is 99.0 Å². The second kappa shape index (κ2) is 11.5. The average molecular weight is 585 g/mol. The molecule has 0 bridgehead atoms. The summed E-state index contributed by atoms with van der Waals surface area (Å²) in [7, 11) is 0. The van der Waals surface area contributed by atoms with Crippen LogP contribution in [0.3, 0.4) is 0 Å². The normalized spacial score (nSPS) is 12.0. The van der Waals surface area contributed by atoms with E-state index in [0.29, 0.717) is 12.1 Å². The van der Waals surface area contributed by atoms with Crippen LogP contribution in [0.2, 0.25) is 0 Å². The molecule has 1 aromatic heterocycles. The summed E-state index contributed by atoms with van der Waals surface area (Å²) in [5, 5.41) is 11.2. The number of aryl methyl sites for hydroxylation is 2. The fraction of sp³-hybridized carbons (Fsp3) is 0.269. The molecular formula is C26H19F8N5O2. The van der Waals surface area contributed by atoms with Gasteiger partial charge < -0.3 is 10.2 Å². The first-order valence-electron chi connectivity index (χ1n) is 11.5. The Morgan fingerprint density at radius 2 is 1.61 bits per heavy atom. The average Bonchev–Trinajstić information content (AvgIpc) is 2.90. The summed E-state index contributed by atoms with van der Waals surface area (Å²) in [6.07, 6.45) is -9.29. The zero-order valence-corrected chi connectivity index (χ0v) is 21.2. The van der Waals surface area contributed by atoms with Crippen molar-refractivity contribution < 1.29 is 44.7 Å². The highest BCUT2D eigenvalue weighted by Gasteiger charge is 2.73. The van der Waals surface area contributed by atoms with Crippen molar-refractivity contribution in [2.24, 2.45) is 0 Å². The number of nitrogens with one attached hydrogen (secondary N) is 1. The van der Waals surface area contributed by atoms with Crippen molar-refractivity contribution in [3.8, 4) is 6.07 Å². The largest absolute Gasteiger partial charge is 0.435 e. The van der Waals surface area contributed by atoms with Crippen LogP contribution in [0, 0.1) is 31.0 Å². The number of benzene rings is 2. The molecule has 7 nitrogen and oxygen atoms in total. The standard InChI is InChI=1S/C26H19F8N5O2/c1-14-11-16(24(28,25(29,30)31)26(32,33)34)12-15(2)21(14)38-22(40)17-5-3-6-19(20(17)27)39(10-4-7-35)23(41)18-13-36-8-9-37-18/h3,5-6,8-9,11-13H,4,10H2,1-2H3,(H,38,40). The Labute approximate surface area is 227 Å². The second-order valence-electron chi connectivity index (χ2n) is 8.69. The number of carbonyl (C=O) groups excluding carboxylic acids is 2. The van der Waals surface area contributed by atoms with Crippen LogP contribution < -0.4 is 10.2 Å². The van der Waals surface area contributed by atoms with E-state index in [9.17, 15) is 40.3 Å². The number of hydrogen-bond acceptors (Lipinski definition) is 5. The van der Waals surface area contributed by atoms with Gasteiger partial charge in [-0.3, -0.25) is 14.6 Å². The van der Waals surface area contributed by atoms with Gasteiger partial charge in [-0.2, -0.15) is 31.6 Å². The van der Waals surface area contributed by atoms with Gasteiger partial charge in [0.25, 0.3) is 11.8 Å². The molecule has 0 atom stereocenters. The summed E-state index contributed by atoms with van der Waals surface area (Å²) in [5.74, 6) is -3.23. The summed E-state index contributed by atoms with van der Waals surface area (Å²) in [4.78, 5) is 34.4. The first-order chi connectivity index (χ1) is 19.0. The highest BCUT2D eigenvalue weighted by atomic mass is 19.4. The van der Waals surface area contributed by atoms with Crippen LogP contribution in [0.25, 0.3) is 0 Å². The molecule has 0 aliphatic heterocycles. The number of nitrogens with zero attached hydrogens (tertiary/aromatic N) is 4. The van der Waals surface area contributed by atoms with Crippen LogP contribution in [0.1, 0.15) is 44.0 Å². The minimum Gasteiger partial charge on any atom is -0.321 e. The van der Waals surface area contributed by atoms with Gasteiger partial charge in [-0.1, -0.05) is 18.2 Å². The summed E-state index contributed by atoms with van der Waals surface area (Å²) in [6, 6.07) is 5.77. The van der Waals surface area contributed by atoms with E-state index >= 15 is 4.39 Å². The van der Waals surface area contributed by atoms with Crippen LogP contribution in [0.5, 0.6) is 0 Å². The van der Waals surface area contributed by atoms with Crippen LogP contribution in [-0.4, -0.2) is 40.7 Å². The molecule has 0 aliphatic rings. The second-order valence-corrected chi connectivity index (χ2v) is 8.69. The third kappa shape index (κ3) is 5.96. The predicted molar refractivity (Wildman–Crippen MR) is 129 cm³/mol. The van der Waals surface area contributed by atoms with Crippen LogP contribution in [0.4, 0.5) is 46.5 Å². The summed E-state index contributed by atoms with van der Waals surface area (Å²) in [5.41, 5.74) is -9.69. The Kier molecular flexibility index (Phi) is 8.66. The Balaban J connectivity index is 2.01. The lowest BCUT2D eigenvalue weighted by molar-refractivity contribution is -0.348. The molecule has 2 aromatic carbocycles. The molecule has 0 spiro atoms. The predicted octanol–water partition coefficient (Wildman–Crippen LogP) is 6.33. The maximum Gasteiger partial charge on any atom is 0.435 e. The highest BCUT2D eigenvalue weighted by molar-refractivity contribution is 6.08. The van der Waals surface area contributed by atoms with Gasteiger partial charge in [0.2, 0.25) is 0 Å². The number of anilines is 2. The molecule has 1 heterocycles. The van der Waals surface area contributed by atoms with Gasteiger partial charge in [0.05, 0.1) is 29.9 Å². The van der Waals surface area contributed by atoms with E-state index in [0.717, 1.165) is 37.1 Å². The lowest BCUT2D eigenvalue weighted by Crippen LogP contribution is -2.50. The molecule has 216 valence electrons. The van der Waals surface area contributed by atoms with E-state index in [1.54, 1.807) is 0 Å². The first kappa shape index (κ1) is 30.9. The maximum absolute atomic E-state index is 15.6. The van der Waals surface area contributed by atoms with Crippen molar-refractivity contribution in [3.05, 3.63) is 82.7 Å². The Hall–Kier alpha value is -4.61. The summed E-state index contributed by atoms with van der Waals surface area (Å²) in [6.45, 7) is 1.78. The number of rotatable bonds is 7. The van der Waals surface area contributed by atoms with E-state index in [2.05, 4.69) is 15.3 Å². The molecule has 3 aromatic rings. The highest BCUT2D eigenvalue weighted by Crippen LogP contribution is 2.53. The zero-order valence-electron chi connectivity index (χ0n) is 21.2. The quantitative estimate of drug-likeness (QED) is 0.327. The van der Waals surface area contributed by atoms with Gasteiger partial charge >= 0.3 is 18.0 Å². The molecule has 0 saturated carbocycles. The Bertz CT molecular complexity index is 1460. The number of alkyl halides is 7. The maximum atomic E-state index is 15.6. The van der Waals surface area contributed by atoms with Crippen molar-refractivity contribution in [1.29, 1.82) is 5.26 Å². The fourth-order valence-electron chi connectivity index (χ4n) is 3.97. The lowest BCUT2D eigenvalue weighted by atomic mass is 9.90. The third-order valence-electron chi connectivity index (χ3n) is 5.94. The van der Waals surface area contributed by atoms with E-state index < -0.39 is 52.5 Å². The van der Waals surface area contributed by atoms with Gasteiger partial charge in [-0.25, -0.2) is 13.8 Å². The van der Waals surface area contributed by atoms with Crippen LogP contribution >= 0.6 is 0 Å². The SMILES string of the molecule is Cc1cc(C(F)(C(F)(F)F)C(F)(F)F)cc(C)c1NC(=O)c1cccc(N(CCC#N)C(=O)c2cnccn2)c1F. The molecular weight excluding hydrogens is 566 g/mol. The molecule has 1 N–H and O–H groups in total. The minimum absolute atomic E-state index is 0.187. The summed E-state index contributed by atoms with van der Waals surface area (Å²) < 4.78 is 109. The van der Waals surface area contributed by atoms with Crippen molar-refractivity contribution in [1.82, 2.24) is 9.97 Å². The number of carbonyl (C=O) groups is 2. The Morgan fingerprint density at radius 3 is 2.12 bits per heavy atom. The third-order valence-corrected chi connectivity index (χ3v) is 5.94. The van der Waals surface area contributed by atoms with E-state index in [-0.39, 0.29) is 35.5 Å². The van der Waals surface area contributed by atoms with Crippen molar-refractivity contribution >= 4 is 23.2 Å². The number of aromatic nitrogens is 2. The molecule has 41 heavy (non-hydrogen) atoms. The van der Waals surface area contributed by atoms with Crippen molar-refractivity contribution in [2.75, 3.05) is 16.8 Å². The van der Waals surface area contributed by atoms with E-state index in [1.807, 2.05) is 6.07 Å². The number of amides is 2. The van der Waals surface area contributed by atoms with Gasteiger partial charge in [0, 0.05) is 30.2 Å². The number of nitriles is 1. The zero-order chi connectivity index (χ0) is 30.8. The van der Waals surface area contributed by atoms with Gasteiger partial charge in [-0.15, -0.1) is 0 Å². The fourth-order valence-corrected chi connectivity index (χ4v) is 3.97. The number of hydrogen-bond donors (Lipinski definition) is 1. The van der Waals surface area contributed by atoms with Crippen LogP contribution in [0.15, 0.2) is 48.9 Å². The molecule has 2 amide bonds. The van der Waals surface area contributed by atoms with Crippen molar-refractivity contribution in [3.63, 3.8) is 0 Å². The van der Waals surface area contributed by atoms with Gasteiger partial charge in [0.1, 0.15) is 5.69 Å². The molecule has 3 rings (SSSR count). The lowest BCUT2D eigenvalue weighted by Gasteiger charge is -2.31. The molecule has 0 aliphatic carbocycles. The molecule has 0 unspecified atom stereocenters. The molecule has 0 saturated heterocycles. The molecule has 15 heteroatoms. The van der Waals surface area contributed by atoms with E-state index in [1.165, 1.54) is 18.5 Å². The minimum atomic E-state index is -6.33. The van der Waals surface area contributed by atoms with Gasteiger partial charge in [-0.05, 0) is 37.1 Å². The van der Waals surface area contributed by atoms with Gasteiger partial charge in [0.15, 0.2) is 5.82 Å². The number of halogens is 8.